The van der Waals surface area contributed by atoms with Crippen LogP contribution in [0, 0.1) is 5.92 Å². The Labute approximate surface area is 203 Å². The second-order valence-corrected chi connectivity index (χ2v) is 10.7. The molecule has 2 aliphatic heterocycles. The lowest BCUT2D eigenvalue weighted by molar-refractivity contribution is -0.137. The van der Waals surface area contributed by atoms with Crippen LogP contribution in [-0.2, 0) is 9.53 Å². The third-order valence-electron chi connectivity index (χ3n) is 8.76. The summed E-state index contributed by atoms with van der Waals surface area (Å²) in [4.78, 5) is 18.9. The highest BCUT2D eigenvalue weighted by molar-refractivity contribution is 6.23. The molecule has 2 aliphatic carbocycles. The number of likely N-dealkylation sites (N-methyl/N-ethyl adjacent to an activating group) is 1. The summed E-state index contributed by atoms with van der Waals surface area (Å²) in [6.07, 6.45) is 8.10. The number of hydrogen-bond acceptors (Lipinski definition) is 3. The molecule has 2 aromatic carbocycles. The quantitative estimate of drug-likeness (QED) is 0.616. The van der Waals surface area contributed by atoms with E-state index in [0.717, 1.165) is 39.0 Å². The average molecular weight is 457 g/mol. The van der Waals surface area contributed by atoms with Gasteiger partial charge in [0.1, 0.15) is 0 Å². The number of likely N-dealkylation sites (tertiary alicyclic amines) is 1. The largest absolute Gasteiger partial charge is 0.375 e. The van der Waals surface area contributed by atoms with Gasteiger partial charge in [0.05, 0.1) is 11.5 Å². The molecule has 0 aromatic heterocycles. The van der Waals surface area contributed by atoms with E-state index in [1.165, 1.54) is 48.0 Å². The fourth-order valence-corrected chi connectivity index (χ4v) is 6.95. The second kappa shape index (κ2) is 8.98. The lowest BCUT2D eigenvalue weighted by atomic mass is 9.76. The first-order valence-electron chi connectivity index (χ1n) is 13.2. The average Bonchev–Trinajstić information content (AvgIpc) is 3.18. The van der Waals surface area contributed by atoms with E-state index in [1.807, 2.05) is 12.1 Å². The van der Waals surface area contributed by atoms with Crippen LogP contribution >= 0.6 is 0 Å². The summed E-state index contributed by atoms with van der Waals surface area (Å²) in [6, 6.07) is 21.6. The molecule has 6 rings (SSSR count). The Hall–Kier alpha value is -2.43. The van der Waals surface area contributed by atoms with E-state index < -0.39 is 0 Å². The molecule has 0 bridgehead atoms. The number of amides is 1. The molecular formula is C30H36N2O2. The molecule has 0 N–H and O–H groups in total. The molecule has 4 heteroatoms. The monoisotopic (exact) mass is 456 g/mol. The van der Waals surface area contributed by atoms with Crippen molar-refractivity contribution in [1.29, 1.82) is 0 Å². The Balaban J connectivity index is 1.26. The summed E-state index contributed by atoms with van der Waals surface area (Å²) in [6.45, 7) is 3.22. The van der Waals surface area contributed by atoms with Crippen LogP contribution in [0.3, 0.4) is 0 Å². The van der Waals surface area contributed by atoms with Crippen molar-refractivity contribution < 1.29 is 9.53 Å². The first-order valence-corrected chi connectivity index (χ1v) is 13.2. The molecule has 34 heavy (non-hydrogen) atoms. The molecule has 2 heterocycles. The van der Waals surface area contributed by atoms with Gasteiger partial charge in [-0.1, -0.05) is 60.7 Å². The van der Waals surface area contributed by atoms with Gasteiger partial charge in [-0.25, -0.2) is 0 Å². The van der Waals surface area contributed by atoms with Crippen molar-refractivity contribution in [3.05, 3.63) is 71.8 Å². The van der Waals surface area contributed by atoms with Crippen LogP contribution in [-0.4, -0.2) is 60.1 Å². The highest BCUT2D eigenvalue weighted by Gasteiger charge is 2.51. The number of carbonyl (C=O) groups is 1. The summed E-state index contributed by atoms with van der Waals surface area (Å²) >= 11 is 0. The molecule has 3 fully saturated rings. The van der Waals surface area contributed by atoms with Gasteiger partial charge in [-0.3, -0.25) is 9.69 Å². The Bertz CT molecular complexity index is 1000. The number of ether oxygens (including phenoxy) is 1. The highest BCUT2D eigenvalue weighted by Crippen LogP contribution is 2.54. The van der Waals surface area contributed by atoms with Gasteiger partial charge < -0.3 is 9.64 Å². The summed E-state index contributed by atoms with van der Waals surface area (Å²) in [5.41, 5.74) is 4.80. The summed E-state index contributed by atoms with van der Waals surface area (Å²) < 4.78 is 6.33. The minimum Gasteiger partial charge on any atom is -0.375 e. The molecule has 1 amide bonds. The smallest absolute Gasteiger partial charge is 0.234 e. The minimum absolute atomic E-state index is 0.0515. The zero-order chi connectivity index (χ0) is 23.1. The van der Waals surface area contributed by atoms with Gasteiger partial charge in [0.15, 0.2) is 0 Å². The first kappa shape index (κ1) is 22.1. The van der Waals surface area contributed by atoms with Crippen molar-refractivity contribution in [1.82, 2.24) is 9.80 Å². The molecule has 1 spiro atoms. The molecule has 4 aliphatic rings. The van der Waals surface area contributed by atoms with E-state index in [4.69, 9.17) is 4.74 Å². The van der Waals surface area contributed by atoms with E-state index >= 15 is 0 Å². The van der Waals surface area contributed by atoms with Gasteiger partial charge in [0.2, 0.25) is 5.91 Å². The van der Waals surface area contributed by atoms with E-state index in [2.05, 4.69) is 65.4 Å². The summed E-state index contributed by atoms with van der Waals surface area (Å²) in [7, 11) is 2.06. The van der Waals surface area contributed by atoms with Crippen LogP contribution in [0.5, 0.6) is 0 Å². The maximum absolute atomic E-state index is 14.1. The Morgan fingerprint density at radius 2 is 1.53 bits per heavy atom. The highest BCUT2D eigenvalue weighted by atomic mass is 16.5. The topological polar surface area (TPSA) is 32.8 Å². The zero-order valence-electron chi connectivity index (χ0n) is 20.3. The third kappa shape index (κ3) is 3.91. The molecule has 2 aromatic rings. The molecule has 2 saturated heterocycles. The first-order chi connectivity index (χ1) is 16.7. The minimum atomic E-state index is -0.132. The fourth-order valence-electron chi connectivity index (χ4n) is 6.95. The molecular weight excluding hydrogens is 420 g/mol. The van der Waals surface area contributed by atoms with Crippen LogP contribution in [0.2, 0.25) is 0 Å². The SMILES string of the molecule is CN(C(=O)C1C(c2ccccc2)=C1c1ccccc1)[C@@H]1CC[C@]2(CCCO2)C[C@H]1N1CCCC1. The maximum Gasteiger partial charge on any atom is 0.234 e. The number of nitrogens with zero attached hydrogens (tertiary/aromatic N) is 2. The second-order valence-electron chi connectivity index (χ2n) is 10.7. The van der Waals surface area contributed by atoms with Crippen molar-refractivity contribution in [2.24, 2.45) is 5.92 Å². The van der Waals surface area contributed by atoms with Gasteiger partial charge in [0.25, 0.3) is 0 Å². The van der Waals surface area contributed by atoms with E-state index in [9.17, 15) is 4.79 Å². The van der Waals surface area contributed by atoms with E-state index in [1.54, 1.807) is 0 Å². The molecule has 1 saturated carbocycles. The van der Waals surface area contributed by atoms with Crippen molar-refractivity contribution >= 4 is 17.1 Å². The van der Waals surface area contributed by atoms with Crippen LogP contribution in [0.1, 0.15) is 56.1 Å². The molecule has 178 valence electrons. The molecule has 0 unspecified atom stereocenters. The number of rotatable bonds is 5. The van der Waals surface area contributed by atoms with Gasteiger partial charge in [-0.05, 0) is 80.3 Å². The van der Waals surface area contributed by atoms with Crippen LogP contribution in [0.25, 0.3) is 11.1 Å². The lowest BCUT2D eigenvalue weighted by Crippen LogP contribution is -2.58. The summed E-state index contributed by atoms with van der Waals surface area (Å²) in [5.74, 6) is 0.128. The molecule has 0 radical (unpaired) electrons. The van der Waals surface area contributed by atoms with Gasteiger partial charge in [-0.15, -0.1) is 0 Å². The van der Waals surface area contributed by atoms with Crippen molar-refractivity contribution in [2.45, 2.75) is 62.6 Å². The van der Waals surface area contributed by atoms with Crippen LogP contribution in [0.4, 0.5) is 0 Å². The van der Waals surface area contributed by atoms with Gasteiger partial charge in [-0.2, -0.15) is 0 Å². The molecule has 4 nitrogen and oxygen atoms in total. The fraction of sp³-hybridized carbons (Fsp3) is 0.500. The van der Waals surface area contributed by atoms with Gasteiger partial charge >= 0.3 is 0 Å². The number of benzene rings is 2. The Morgan fingerprint density at radius 3 is 2.09 bits per heavy atom. The van der Waals surface area contributed by atoms with Crippen LogP contribution < -0.4 is 0 Å². The number of hydrogen-bond donors (Lipinski definition) is 0. The third-order valence-corrected chi connectivity index (χ3v) is 8.76. The standard InChI is InChI=1S/C30H36N2O2/c1-31(24-15-17-30(16-10-20-34-30)21-25(24)32-18-8-9-19-32)29(33)28-26(22-11-4-2-5-12-22)27(28)23-13-6-3-7-14-23/h2-7,11-14,24-25,28H,8-10,15-21H2,1H3/t24-,25-,30-/m1/s1. The molecule has 3 atom stereocenters. The lowest BCUT2D eigenvalue weighted by Gasteiger charge is -2.48. The van der Waals surface area contributed by atoms with Crippen molar-refractivity contribution in [2.75, 3.05) is 26.7 Å². The Morgan fingerprint density at radius 1 is 0.912 bits per heavy atom. The maximum atomic E-state index is 14.1. The van der Waals surface area contributed by atoms with Crippen LogP contribution in [0.15, 0.2) is 60.7 Å². The Kier molecular flexibility index (Phi) is 5.82. The van der Waals surface area contributed by atoms with E-state index in [-0.39, 0.29) is 23.5 Å². The van der Waals surface area contributed by atoms with Crippen molar-refractivity contribution in [3.63, 3.8) is 0 Å². The predicted octanol–water partition coefficient (Wildman–Crippen LogP) is 5.25. The van der Waals surface area contributed by atoms with Gasteiger partial charge in [0, 0.05) is 25.7 Å². The zero-order valence-corrected chi connectivity index (χ0v) is 20.3. The normalized spacial score (nSPS) is 29.7. The number of carbonyl (C=O) groups excluding carboxylic acids is 1. The van der Waals surface area contributed by atoms with E-state index in [0.29, 0.717) is 6.04 Å². The summed E-state index contributed by atoms with van der Waals surface area (Å²) in [5, 5.41) is 0. The van der Waals surface area contributed by atoms with Crippen molar-refractivity contribution in [3.8, 4) is 0 Å². The predicted molar refractivity (Wildman–Crippen MR) is 136 cm³/mol.